The van der Waals surface area contributed by atoms with Gasteiger partial charge in [0.25, 0.3) is 0 Å². The molecule has 4 aromatic rings. The second-order valence-corrected chi connectivity index (χ2v) is 9.15. The van der Waals surface area contributed by atoms with Crippen LogP contribution in [0.5, 0.6) is 0 Å². The van der Waals surface area contributed by atoms with E-state index in [0.29, 0.717) is 27.9 Å². The van der Waals surface area contributed by atoms with Gasteiger partial charge in [-0.05, 0) is 41.3 Å². The summed E-state index contributed by atoms with van der Waals surface area (Å²) in [7, 11) is 1.30. The van der Waals surface area contributed by atoms with Gasteiger partial charge < -0.3 is 4.74 Å². The van der Waals surface area contributed by atoms with Crippen molar-refractivity contribution in [3.05, 3.63) is 107 Å². The third-order valence-corrected chi connectivity index (χ3v) is 6.89. The van der Waals surface area contributed by atoms with E-state index in [-0.39, 0.29) is 24.8 Å². The highest BCUT2D eigenvalue weighted by Crippen LogP contribution is 2.43. The predicted octanol–water partition coefficient (Wildman–Crippen LogP) is 5.35. The van der Waals surface area contributed by atoms with Gasteiger partial charge in [0.05, 0.1) is 29.6 Å². The van der Waals surface area contributed by atoms with Crippen LogP contribution in [0.1, 0.15) is 23.1 Å². The molecule has 3 aromatic carbocycles. The minimum absolute atomic E-state index is 0.0348. The molecule has 176 valence electrons. The van der Waals surface area contributed by atoms with Crippen LogP contribution in [0.15, 0.2) is 85.1 Å². The lowest BCUT2D eigenvalue weighted by atomic mass is 9.74. The highest BCUT2D eigenvalue weighted by molar-refractivity contribution is 6.35. The predicted molar refractivity (Wildman–Crippen MR) is 133 cm³/mol. The average molecular weight is 487 g/mol. The maximum absolute atomic E-state index is 14.0. The Morgan fingerprint density at radius 3 is 2.29 bits per heavy atom. The summed E-state index contributed by atoms with van der Waals surface area (Å²) in [6.07, 6.45) is 1.41. The zero-order valence-electron chi connectivity index (χ0n) is 19.1. The smallest absolute Gasteiger partial charge is 0.418 e. The summed E-state index contributed by atoms with van der Waals surface area (Å²) >= 11 is 6.66. The van der Waals surface area contributed by atoms with Crippen LogP contribution in [0.25, 0.3) is 10.9 Å². The summed E-state index contributed by atoms with van der Waals surface area (Å²) in [4.78, 5) is 40.8. The molecule has 6 nitrogen and oxygen atoms in total. The molecule has 0 spiro atoms. The van der Waals surface area contributed by atoms with E-state index in [9.17, 15) is 14.4 Å². The molecule has 0 aliphatic carbocycles. The molecule has 1 aromatic heterocycles. The van der Waals surface area contributed by atoms with Gasteiger partial charge in [0, 0.05) is 18.0 Å². The molecule has 2 heterocycles. The molecule has 7 heteroatoms. The first kappa shape index (κ1) is 22.9. The normalized spacial score (nSPS) is 17.8. The molecular formula is C28H23ClN2O4. The molecule has 1 aliphatic rings. The summed E-state index contributed by atoms with van der Waals surface area (Å²) in [5, 5.41) is 0.995. The third kappa shape index (κ3) is 4.00. The van der Waals surface area contributed by atoms with E-state index in [2.05, 4.69) is 0 Å². The van der Waals surface area contributed by atoms with Crippen LogP contribution < -0.4 is 0 Å². The first-order chi connectivity index (χ1) is 16.9. The lowest BCUT2D eigenvalue weighted by Crippen LogP contribution is -2.40. The van der Waals surface area contributed by atoms with Crippen LogP contribution in [0, 0.1) is 0 Å². The molecule has 1 aliphatic heterocycles. The van der Waals surface area contributed by atoms with Gasteiger partial charge in [-0.3, -0.25) is 19.1 Å². The number of imide groups is 1. The second-order valence-electron chi connectivity index (χ2n) is 8.74. The topological polar surface area (TPSA) is 68.6 Å². The van der Waals surface area contributed by atoms with Crippen molar-refractivity contribution in [2.75, 3.05) is 7.11 Å². The first-order valence-corrected chi connectivity index (χ1v) is 11.6. The van der Waals surface area contributed by atoms with Crippen molar-refractivity contribution >= 4 is 40.4 Å². The number of hydrogen-bond donors (Lipinski definition) is 0. The summed E-state index contributed by atoms with van der Waals surface area (Å²) in [6, 6.07) is 24.4. The monoisotopic (exact) mass is 486 g/mol. The van der Waals surface area contributed by atoms with E-state index >= 15 is 0 Å². The Labute approximate surface area is 207 Å². The number of methoxy groups -OCH3 is 1. The Balaban J connectivity index is 1.63. The molecule has 1 saturated heterocycles. The van der Waals surface area contributed by atoms with E-state index < -0.39 is 11.5 Å². The molecule has 1 atom stereocenters. The van der Waals surface area contributed by atoms with Gasteiger partial charge in [0.2, 0.25) is 11.8 Å². The Morgan fingerprint density at radius 1 is 0.971 bits per heavy atom. The number of aromatic nitrogens is 1. The van der Waals surface area contributed by atoms with Crippen molar-refractivity contribution < 1.29 is 19.1 Å². The van der Waals surface area contributed by atoms with Crippen molar-refractivity contribution in [1.29, 1.82) is 0 Å². The molecule has 1 fully saturated rings. The lowest BCUT2D eigenvalue weighted by molar-refractivity contribution is -0.140. The average Bonchev–Trinajstić information content (AvgIpc) is 3.41. The fourth-order valence-corrected chi connectivity index (χ4v) is 5.21. The Bertz CT molecular complexity index is 1430. The fourth-order valence-electron chi connectivity index (χ4n) is 4.89. The zero-order valence-corrected chi connectivity index (χ0v) is 19.9. The quantitative estimate of drug-likeness (QED) is 0.357. The number of likely N-dealkylation sites (tertiary alicyclic amines) is 1. The van der Waals surface area contributed by atoms with Gasteiger partial charge in [-0.1, -0.05) is 72.3 Å². The zero-order chi connectivity index (χ0) is 24.6. The van der Waals surface area contributed by atoms with Crippen LogP contribution in [-0.2, 0) is 32.7 Å². The maximum Gasteiger partial charge on any atom is 0.418 e. The highest BCUT2D eigenvalue weighted by atomic mass is 35.5. The standard InChI is InChI=1S/C28H23ClN2O4/c1-35-27(34)30-13-12-21-14-22(15-23(29)25(21)30)28(16-19-8-4-2-5-9-19)17-24(32)31(26(28)33)18-20-10-6-3-7-11-20/h2-15H,16-18H2,1H3. The minimum Gasteiger partial charge on any atom is -0.452 e. The summed E-state index contributed by atoms with van der Waals surface area (Å²) < 4.78 is 6.18. The molecule has 35 heavy (non-hydrogen) atoms. The summed E-state index contributed by atoms with van der Waals surface area (Å²) in [6.45, 7) is 0.212. The number of ether oxygens (including phenoxy) is 1. The van der Waals surface area contributed by atoms with Crippen molar-refractivity contribution in [2.24, 2.45) is 0 Å². The number of halogens is 1. The van der Waals surface area contributed by atoms with Crippen LogP contribution in [0.3, 0.4) is 0 Å². The highest BCUT2D eigenvalue weighted by Gasteiger charge is 2.52. The van der Waals surface area contributed by atoms with Crippen LogP contribution >= 0.6 is 11.6 Å². The molecule has 1 unspecified atom stereocenters. The largest absolute Gasteiger partial charge is 0.452 e. The van der Waals surface area contributed by atoms with Crippen molar-refractivity contribution in [3.8, 4) is 0 Å². The van der Waals surface area contributed by atoms with Gasteiger partial charge in [-0.2, -0.15) is 0 Å². The second kappa shape index (κ2) is 9.04. The van der Waals surface area contributed by atoms with Crippen molar-refractivity contribution in [2.45, 2.75) is 24.8 Å². The fraction of sp³-hybridized carbons (Fsp3) is 0.179. The lowest BCUT2D eigenvalue weighted by Gasteiger charge is -2.28. The first-order valence-electron chi connectivity index (χ1n) is 11.2. The van der Waals surface area contributed by atoms with Gasteiger partial charge in [-0.25, -0.2) is 4.79 Å². The number of benzene rings is 3. The van der Waals surface area contributed by atoms with E-state index in [1.54, 1.807) is 18.3 Å². The van der Waals surface area contributed by atoms with E-state index in [4.69, 9.17) is 16.3 Å². The van der Waals surface area contributed by atoms with Crippen LogP contribution in [-0.4, -0.2) is 34.5 Å². The van der Waals surface area contributed by atoms with Crippen molar-refractivity contribution in [1.82, 2.24) is 9.47 Å². The van der Waals surface area contributed by atoms with Gasteiger partial charge >= 0.3 is 6.09 Å². The molecule has 0 radical (unpaired) electrons. The Morgan fingerprint density at radius 2 is 1.63 bits per heavy atom. The van der Waals surface area contributed by atoms with Gasteiger partial charge in [-0.15, -0.1) is 0 Å². The number of carbonyl (C=O) groups excluding carboxylic acids is 3. The van der Waals surface area contributed by atoms with E-state index in [1.807, 2.05) is 66.7 Å². The maximum atomic E-state index is 14.0. The van der Waals surface area contributed by atoms with E-state index in [1.165, 1.54) is 16.6 Å². The molecule has 0 bridgehead atoms. The number of carbonyl (C=O) groups is 3. The number of hydrogen-bond acceptors (Lipinski definition) is 4. The summed E-state index contributed by atoms with van der Waals surface area (Å²) in [5.74, 6) is -0.476. The van der Waals surface area contributed by atoms with Crippen LogP contribution in [0.2, 0.25) is 5.02 Å². The number of amides is 2. The molecule has 5 rings (SSSR count). The molecule has 2 amide bonds. The number of rotatable bonds is 5. The molecule has 0 saturated carbocycles. The number of fused-ring (bicyclic) bond motifs is 1. The minimum atomic E-state index is -1.11. The van der Waals surface area contributed by atoms with E-state index in [0.717, 1.165) is 11.1 Å². The van der Waals surface area contributed by atoms with Gasteiger partial charge in [0.1, 0.15) is 0 Å². The Hall–Kier alpha value is -3.90. The third-order valence-electron chi connectivity index (χ3n) is 6.60. The van der Waals surface area contributed by atoms with Crippen LogP contribution in [0.4, 0.5) is 4.79 Å². The Kier molecular flexibility index (Phi) is 5.91. The molecule has 0 N–H and O–H groups in total. The van der Waals surface area contributed by atoms with Crippen molar-refractivity contribution in [3.63, 3.8) is 0 Å². The molecular weight excluding hydrogens is 464 g/mol. The van der Waals surface area contributed by atoms with Gasteiger partial charge in [0.15, 0.2) is 0 Å². The summed E-state index contributed by atoms with van der Waals surface area (Å²) in [5.41, 5.74) is 1.86. The number of nitrogens with zero attached hydrogens (tertiary/aromatic N) is 2. The SMILES string of the molecule is COC(=O)n1ccc2cc(C3(Cc4ccccc4)CC(=O)N(Cc4ccccc4)C3=O)cc(Cl)c21.